The van der Waals surface area contributed by atoms with Gasteiger partial charge in [0.2, 0.25) is 15.9 Å². The van der Waals surface area contributed by atoms with Crippen LogP contribution in [0, 0.1) is 5.92 Å². The molecule has 8 heteroatoms. The van der Waals surface area contributed by atoms with Gasteiger partial charge in [-0.05, 0) is 57.2 Å². The Bertz CT molecular complexity index is 778. The molecule has 0 unspecified atom stereocenters. The van der Waals surface area contributed by atoms with E-state index in [0.29, 0.717) is 30.3 Å². The number of rotatable bonds is 5. The minimum Gasteiger partial charge on any atom is -0.492 e. The lowest BCUT2D eigenvalue weighted by atomic mass is 9.97. The first-order valence-electron chi connectivity index (χ1n) is 9.64. The summed E-state index contributed by atoms with van der Waals surface area (Å²) in [7, 11) is -3.78. The summed E-state index contributed by atoms with van der Waals surface area (Å²) in [5.74, 6) is 0.110. The van der Waals surface area contributed by atoms with Crippen LogP contribution in [0.25, 0.3) is 0 Å². The lowest BCUT2D eigenvalue weighted by Gasteiger charge is -2.35. The third-order valence-electron chi connectivity index (χ3n) is 5.22. The fourth-order valence-corrected chi connectivity index (χ4v) is 5.75. The maximum Gasteiger partial charge on any atom is 0.246 e. The van der Waals surface area contributed by atoms with Gasteiger partial charge in [0.1, 0.15) is 10.6 Å². The summed E-state index contributed by atoms with van der Waals surface area (Å²) >= 11 is 6.04. The largest absolute Gasteiger partial charge is 0.492 e. The van der Waals surface area contributed by atoms with Gasteiger partial charge >= 0.3 is 0 Å². The Kier molecular flexibility index (Phi) is 6.65. The van der Waals surface area contributed by atoms with Crippen molar-refractivity contribution in [1.82, 2.24) is 9.21 Å². The van der Waals surface area contributed by atoms with Gasteiger partial charge in [0, 0.05) is 31.2 Å². The quantitative estimate of drug-likeness (QED) is 0.742. The van der Waals surface area contributed by atoms with Crippen molar-refractivity contribution >= 4 is 27.5 Å². The van der Waals surface area contributed by atoms with Gasteiger partial charge in [0.15, 0.2) is 0 Å². The SMILES string of the molecule is CCOc1ccc(Cl)cc1S(=O)(=O)N1CCC[C@@H](C(=O)N2CCCCC2)C1. The minimum absolute atomic E-state index is 0.0721. The van der Waals surface area contributed by atoms with E-state index in [1.165, 1.54) is 10.4 Å². The number of amides is 1. The normalized spacial score (nSPS) is 21.9. The Hall–Kier alpha value is -1.31. The van der Waals surface area contributed by atoms with Crippen molar-refractivity contribution in [2.75, 3.05) is 32.8 Å². The summed E-state index contributed by atoms with van der Waals surface area (Å²) in [6, 6.07) is 4.63. The molecule has 150 valence electrons. The topological polar surface area (TPSA) is 66.9 Å². The molecule has 2 saturated heterocycles. The van der Waals surface area contributed by atoms with Gasteiger partial charge < -0.3 is 9.64 Å². The molecule has 0 radical (unpaired) electrons. The summed E-state index contributed by atoms with van der Waals surface area (Å²) in [5, 5.41) is 0.343. The molecule has 27 heavy (non-hydrogen) atoms. The van der Waals surface area contributed by atoms with Gasteiger partial charge in [-0.25, -0.2) is 8.42 Å². The number of nitrogens with zero attached hydrogens (tertiary/aromatic N) is 2. The van der Waals surface area contributed by atoms with Crippen molar-refractivity contribution in [3.63, 3.8) is 0 Å². The van der Waals surface area contributed by atoms with Crippen LogP contribution in [0.15, 0.2) is 23.1 Å². The molecule has 2 aliphatic rings. The summed E-state index contributed by atoms with van der Waals surface area (Å²) in [4.78, 5) is 14.8. The highest BCUT2D eigenvalue weighted by Crippen LogP contribution is 2.32. The Balaban J connectivity index is 1.80. The molecule has 1 aromatic rings. The number of ether oxygens (including phenoxy) is 1. The number of benzene rings is 1. The first-order chi connectivity index (χ1) is 12.9. The highest BCUT2D eigenvalue weighted by molar-refractivity contribution is 7.89. The zero-order valence-corrected chi connectivity index (χ0v) is 17.3. The van der Waals surface area contributed by atoms with Crippen LogP contribution in [-0.2, 0) is 14.8 Å². The van der Waals surface area contributed by atoms with E-state index in [9.17, 15) is 13.2 Å². The summed E-state index contributed by atoms with van der Waals surface area (Å²) in [6.07, 6.45) is 4.62. The molecule has 0 N–H and O–H groups in total. The van der Waals surface area contributed by atoms with Gasteiger partial charge in [-0.2, -0.15) is 4.31 Å². The number of hydrogen-bond acceptors (Lipinski definition) is 4. The maximum atomic E-state index is 13.2. The van der Waals surface area contributed by atoms with Gasteiger partial charge in [-0.3, -0.25) is 4.79 Å². The molecular formula is C19H27ClN2O4S. The first-order valence-corrected chi connectivity index (χ1v) is 11.5. The minimum atomic E-state index is -3.78. The van der Waals surface area contributed by atoms with Crippen LogP contribution in [0.1, 0.15) is 39.0 Å². The first kappa shape index (κ1) is 20.4. The Labute approximate surface area is 166 Å². The molecule has 3 rings (SSSR count). The van der Waals surface area contributed by atoms with Crippen LogP contribution in [0.4, 0.5) is 0 Å². The molecule has 0 aromatic heterocycles. The third-order valence-corrected chi connectivity index (χ3v) is 7.35. The highest BCUT2D eigenvalue weighted by Gasteiger charge is 2.36. The Morgan fingerprint density at radius 2 is 1.93 bits per heavy atom. The van der Waals surface area contributed by atoms with E-state index >= 15 is 0 Å². The maximum absolute atomic E-state index is 13.2. The van der Waals surface area contributed by atoms with E-state index in [-0.39, 0.29) is 23.3 Å². The van der Waals surface area contributed by atoms with Crippen molar-refractivity contribution in [3.8, 4) is 5.75 Å². The number of piperidine rings is 2. The predicted octanol–water partition coefficient (Wildman–Crippen LogP) is 3.15. The molecular weight excluding hydrogens is 388 g/mol. The van der Waals surface area contributed by atoms with E-state index in [0.717, 1.165) is 38.8 Å². The number of carbonyl (C=O) groups excluding carboxylic acids is 1. The summed E-state index contributed by atoms with van der Waals surface area (Å²) in [6.45, 7) is 4.36. The van der Waals surface area contributed by atoms with Crippen LogP contribution < -0.4 is 4.74 Å². The van der Waals surface area contributed by atoms with E-state index in [1.54, 1.807) is 19.1 Å². The van der Waals surface area contributed by atoms with Crippen LogP contribution in [0.5, 0.6) is 5.75 Å². The van der Waals surface area contributed by atoms with Gasteiger partial charge in [-0.15, -0.1) is 0 Å². The highest BCUT2D eigenvalue weighted by atomic mass is 35.5. The molecule has 2 heterocycles. The molecule has 2 aliphatic heterocycles. The molecule has 0 bridgehead atoms. The lowest BCUT2D eigenvalue weighted by molar-refractivity contribution is -0.137. The molecule has 0 saturated carbocycles. The average molecular weight is 415 g/mol. The second-order valence-electron chi connectivity index (χ2n) is 7.11. The fraction of sp³-hybridized carbons (Fsp3) is 0.632. The second kappa shape index (κ2) is 8.80. The average Bonchev–Trinajstić information content (AvgIpc) is 2.69. The molecule has 2 fully saturated rings. The zero-order chi connectivity index (χ0) is 19.4. The number of carbonyl (C=O) groups is 1. The zero-order valence-electron chi connectivity index (χ0n) is 15.7. The number of halogens is 1. The molecule has 1 atom stereocenters. The number of hydrogen-bond donors (Lipinski definition) is 0. The van der Waals surface area contributed by atoms with E-state index in [1.807, 2.05) is 4.90 Å². The Morgan fingerprint density at radius 3 is 2.63 bits per heavy atom. The van der Waals surface area contributed by atoms with Crippen molar-refractivity contribution < 1.29 is 17.9 Å². The number of sulfonamides is 1. The van der Waals surface area contributed by atoms with Crippen LogP contribution in [-0.4, -0.2) is 56.3 Å². The monoisotopic (exact) mass is 414 g/mol. The van der Waals surface area contributed by atoms with Crippen LogP contribution in [0.3, 0.4) is 0 Å². The number of likely N-dealkylation sites (tertiary alicyclic amines) is 1. The molecule has 1 amide bonds. The fourth-order valence-electron chi connectivity index (χ4n) is 3.83. The van der Waals surface area contributed by atoms with Crippen molar-refractivity contribution in [3.05, 3.63) is 23.2 Å². The predicted molar refractivity (Wildman–Crippen MR) is 105 cm³/mol. The molecule has 0 spiro atoms. The van der Waals surface area contributed by atoms with Crippen molar-refractivity contribution in [1.29, 1.82) is 0 Å². The van der Waals surface area contributed by atoms with Crippen LogP contribution in [0.2, 0.25) is 5.02 Å². The lowest BCUT2D eigenvalue weighted by Crippen LogP contribution is -2.47. The standard InChI is InChI=1S/C19H27ClN2O4S/c1-2-26-17-9-8-16(20)13-18(17)27(24,25)22-12-6-7-15(14-22)19(23)21-10-4-3-5-11-21/h8-9,13,15H,2-7,10-12,14H2,1H3/t15-/m1/s1. The molecule has 1 aromatic carbocycles. The molecule has 6 nitrogen and oxygen atoms in total. The summed E-state index contributed by atoms with van der Waals surface area (Å²) in [5.41, 5.74) is 0. The molecule has 0 aliphatic carbocycles. The van der Waals surface area contributed by atoms with Crippen LogP contribution >= 0.6 is 11.6 Å². The Morgan fingerprint density at radius 1 is 1.19 bits per heavy atom. The smallest absolute Gasteiger partial charge is 0.246 e. The van der Waals surface area contributed by atoms with Gasteiger partial charge in [0.05, 0.1) is 12.5 Å². The van der Waals surface area contributed by atoms with Crippen molar-refractivity contribution in [2.45, 2.75) is 43.9 Å². The summed E-state index contributed by atoms with van der Waals surface area (Å²) < 4.78 is 33.4. The van der Waals surface area contributed by atoms with Gasteiger partial charge in [-0.1, -0.05) is 11.6 Å². The van der Waals surface area contributed by atoms with E-state index in [4.69, 9.17) is 16.3 Å². The van der Waals surface area contributed by atoms with E-state index in [2.05, 4.69) is 0 Å². The van der Waals surface area contributed by atoms with E-state index < -0.39 is 10.0 Å². The van der Waals surface area contributed by atoms with Gasteiger partial charge in [0.25, 0.3) is 0 Å². The van der Waals surface area contributed by atoms with Crippen molar-refractivity contribution in [2.24, 2.45) is 5.92 Å². The third kappa shape index (κ3) is 4.58. The second-order valence-corrected chi connectivity index (χ2v) is 9.46.